The number of carboxylic acids is 1. The van der Waals surface area contributed by atoms with Crippen LogP contribution in [0.15, 0.2) is 18.2 Å². The molecule has 0 saturated carbocycles. The minimum atomic E-state index is -0.864. The van der Waals surface area contributed by atoms with Crippen LogP contribution in [0.25, 0.3) is 0 Å². The topological polar surface area (TPSA) is 76.1 Å². The summed E-state index contributed by atoms with van der Waals surface area (Å²) >= 11 is 0. The third-order valence-corrected chi connectivity index (χ3v) is 3.94. The lowest BCUT2D eigenvalue weighted by molar-refractivity contribution is -0.143. The summed E-state index contributed by atoms with van der Waals surface area (Å²) in [6.07, 6.45) is 0.585. The average molecular weight is 307 g/mol. The SMILES string of the molecule is COc1cccc(OC)c1C(=O)N1CC(C)CC(C(=O)O)C1. The number of methoxy groups -OCH3 is 2. The van der Waals surface area contributed by atoms with Crippen molar-refractivity contribution in [3.8, 4) is 11.5 Å². The highest BCUT2D eigenvalue weighted by Crippen LogP contribution is 2.31. The molecule has 1 aromatic carbocycles. The molecule has 1 heterocycles. The Balaban J connectivity index is 2.33. The lowest BCUT2D eigenvalue weighted by atomic mass is 9.90. The minimum absolute atomic E-state index is 0.138. The number of rotatable bonds is 4. The van der Waals surface area contributed by atoms with Gasteiger partial charge in [0.15, 0.2) is 0 Å². The molecule has 22 heavy (non-hydrogen) atoms. The Kier molecular flexibility index (Phi) is 4.90. The molecule has 0 aliphatic carbocycles. The maximum absolute atomic E-state index is 12.8. The van der Waals surface area contributed by atoms with Gasteiger partial charge in [-0.1, -0.05) is 13.0 Å². The Labute approximate surface area is 129 Å². The van der Waals surface area contributed by atoms with E-state index in [2.05, 4.69) is 0 Å². The van der Waals surface area contributed by atoms with Gasteiger partial charge in [0, 0.05) is 13.1 Å². The zero-order valence-corrected chi connectivity index (χ0v) is 13.0. The van der Waals surface area contributed by atoms with Crippen molar-refractivity contribution in [2.24, 2.45) is 11.8 Å². The monoisotopic (exact) mass is 307 g/mol. The molecule has 1 saturated heterocycles. The molecule has 1 aliphatic heterocycles. The molecule has 1 N–H and O–H groups in total. The van der Waals surface area contributed by atoms with Crippen molar-refractivity contribution in [1.82, 2.24) is 4.90 Å². The van der Waals surface area contributed by atoms with Crippen molar-refractivity contribution in [3.05, 3.63) is 23.8 Å². The summed E-state index contributed by atoms with van der Waals surface area (Å²) in [5.74, 6) is -0.666. The van der Waals surface area contributed by atoms with Gasteiger partial charge in [-0.15, -0.1) is 0 Å². The third kappa shape index (κ3) is 3.16. The van der Waals surface area contributed by atoms with E-state index in [4.69, 9.17) is 9.47 Å². The number of carbonyl (C=O) groups excluding carboxylic acids is 1. The van der Waals surface area contributed by atoms with Gasteiger partial charge in [-0.05, 0) is 24.5 Å². The van der Waals surface area contributed by atoms with Crippen LogP contribution in [0, 0.1) is 11.8 Å². The average Bonchev–Trinajstić information content (AvgIpc) is 2.52. The molecule has 120 valence electrons. The molecule has 0 radical (unpaired) electrons. The van der Waals surface area contributed by atoms with Crippen LogP contribution in [0.2, 0.25) is 0 Å². The van der Waals surface area contributed by atoms with Crippen LogP contribution < -0.4 is 9.47 Å². The van der Waals surface area contributed by atoms with Crippen molar-refractivity contribution in [2.75, 3.05) is 27.3 Å². The predicted molar refractivity (Wildman–Crippen MR) is 80.4 cm³/mol. The molecule has 0 bridgehead atoms. The van der Waals surface area contributed by atoms with E-state index >= 15 is 0 Å². The number of nitrogens with zero attached hydrogens (tertiary/aromatic N) is 1. The van der Waals surface area contributed by atoms with E-state index in [-0.39, 0.29) is 18.4 Å². The molecule has 1 aromatic rings. The number of aliphatic carboxylic acids is 1. The summed E-state index contributed by atoms with van der Waals surface area (Å²) in [5.41, 5.74) is 0.339. The van der Waals surface area contributed by atoms with Gasteiger partial charge in [0.1, 0.15) is 17.1 Å². The normalized spacial score (nSPS) is 21.3. The molecule has 6 nitrogen and oxygen atoms in total. The van der Waals surface area contributed by atoms with Gasteiger partial charge in [-0.2, -0.15) is 0 Å². The summed E-state index contributed by atoms with van der Waals surface area (Å²) in [7, 11) is 2.98. The maximum Gasteiger partial charge on any atom is 0.308 e. The molecule has 1 aliphatic rings. The molecular formula is C16H21NO5. The van der Waals surface area contributed by atoms with Crippen LogP contribution >= 0.6 is 0 Å². The number of piperidine rings is 1. The minimum Gasteiger partial charge on any atom is -0.496 e. The molecule has 0 spiro atoms. The molecule has 2 atom stereocenters. The van der Waals surface area contributed by atoms with Crippen LogP contribution in [0.4, 0.5) is 0 Å². The highest BCUT2D eigenvalue weighted by atomic mass is 16.5. The van der Waals surface area contributed by atoms with E-state index in [9.17, 15) is 14.7 Å². The maximum atomic E-state index is 12.8. The molecule has 0 aromatic heterocycles. The first-order valence-electron chi connectivity index (χ1n) is 7.21. The van der Waals surface area contributed by atoms with Gasteiger partial charge in [0.25, 0.3) is 5.91 Å². The summed E-state index contributed by atoms with van der Waals surface area (Å²) in [6, 6.07) is 5.13. The smallest absolute Gasteiger partial charge is 0.308 e. The summed E-state index contributed by atoms with van der Waals surface area (Å²) in [4.78, 5) is 25.7. The van der Waals surface area contributed by atoms with E-state index in [1.807, 2.05) is 6.92 Å². The largest absolute Gasteiger partial charge is 0.496 e. The van der Waals surface area contributed by atoms with Crippen LogP contribution in [0.3, 0.4) is 0 Å². The van der Waals surface area contributed by atoms with Crippen LogP contribution in [0.5, 0.6) is 11.5 Å². The van der Waals surface area contributed by atoms with Crippen molar-refractivity contribution in [2.45, 2.75) is 13.3 Å². The Bertz CT molecular complexity index is 549. The summed E-state index contributed by atoms with van der Waals surface area (Å²) in [5, 5.41) is 9.24. The fourth-order valence-electron chi connectivity index (χ4n) is 2.92. The van der Waals surface area contributed by atoms with Gasteiger partial charge < -0.3 is 19.5 Å². The van der Waals surface area contributed by atoms with Crippen LogP contribution in [-0.2, 0) is 4.79 Å². The van der Waals surface area contributed by atoms with Gasteiger partial charge >= 0.3 is 5.97 Å². The Hall–Kier alpha value is -2.24. The molecule has 6 heteroatoms. The lowest BCUT2D eigenvalue weighted by Crippen LogP contribution is -2.45. The number of carboxylic acid groups (broad SMARTS) is 1. The van der Waals surface area contributed by atoms with Gasteiger partial charge in [0.05, 0.1) is 20.1 Å². The second kappa shape index (κ2) is 6.68. The number of amides is 1. The molecular weight excluding hydrogens is 286 g/mol. The highest BCUT2D eigenvalue weighted by Gasteiger charge is 2.34. The molecule has 2 unspecified atom stereocenters. The number of hydrogen-bond donors (Lipinski definition) is 1. The van der Waals surface area contributed by atoms with Gasteiger partial charge in [-0.25, -0.2) is 0 Å². The quantitative estimate of drug-likeness (QED) is 0.919. The van der Waals surface area contributed by atoms with Crippen molar-refractivity contribution in [1.29, 1.82) is 0 Å². The van der Waals surface area contributed by atoms with Crippen LogP contribution in [-0.4, -0.2) is 49.2 Å². The van der Waals surface area contributed by atoms with Crippen molar-refractivity contribution in [3.63, 3.8) is 0 Å². The fourth-order valence-corrected chi connectivity index (χ4v) is 2.92. The Morgan fingerprint density at radius 1 is 1.18 bits per heavy atom. The molecule has 1 fully saturated rings. The number of likely N-dealkylation sites (tertiary alicyclic amines) is 1. The van der Waals surface area contributed by atoms with E-state index in [1.165, 1.54) is 14.2 Å². The zero-order chi connectivity index (χ0) is 16.3. The zero-order valence-electron chi connectivity index (χ0n) is 13.0. The van der Waals surface area contributed by atoms with Gasteiger partial charge in [0.2, 0.25) is 0 Å². The van der Waals surface area contributed by atoms with Gasteiger partial charge in [-0.3, -0.25) is 9.59 Å². The van der Waals surface area contributed by atoms with E-state index in [1.54, 1.807) is 23.1 Å². The van der Waals surface area contributed by atoms with Crippen LogP contribution in [0.1, 0.15) is 23.7 Å². The first-order chi connectivity index (χ1) is 10.5. The number of ether oxygens (including phenoxy) is 2. The third-order valence-electron chi connectivity index (χ3n) is 3.94. The van der Waals surface area contributed by atoms with Crippen molar-refractivity contribution >= 4 is 11.9 Å². The molecule has 1 amide bonds. The first-order valence-corrected chi connectivity index (χ1v) is 7.21. The second-order valence-corrected chi connectivity index (χ2v) is 5.62. The second-order valence-electron chi connectivity index (χ2n) is 5.62. The number of carbonyl (C=O) groups is 2. The van der Waals surface area contributed by atoms with E-state index in [0.717, 1.165) is 0 Å². The standard InChI is InChI=1S/C16H21NO5/c1-10-7-11(16(19)20)9-17(8-10)15(18)14-12(21-2)5-4-6-13(14)22-3/h4-6,10-11H,7-9H2,1-3H3,(H,19,20). The van der Waals surface area contributed by atoms with E-state index < -0.39 is 11.9 Å². The fraction of sp³-hybridized carbons (Fsp3) is 0.500. The number of hydrogen-bond acceptors (Lipinski definition) is 4. The highest BCUT2D eigenvalue weighted by molar-refractivity contribution is 6.00. The summed E-state index contributed by atoms with van der Waals surface area (Å²) < 4.78 is 10.5. The lowest BCUT2D eigenvalue weighted by Gasteiger charge is -2.35. The number of benzene rings is 1. The van der Waals surface area contributed by atoms with E-state index in [0.29, 0.717) is 30.0 Å². The Morgan fingerprint density at radius 2 is 1.77 bits per heavy atom. The summed E-state index contributed by atoms with van der Waals surface area (Å²) in [6.45, 7) is 2.69. The molecule has 2 rings (SSSR count). The van der Waals surface area contributed by atoms with Crippen molar-refractivity contribution < 1.29 is 24.2 Å². The first kappa shape index (κ1) is 16.1. The predicted octanol–water partition coefficient (Wildman–Crippen LogP) is 1.89. The Morgan fingerprint density at radius 3 is 2.27 bits per heavy atom.